The van der Waals surface area contributed by atoms with E-state index in [1.807, 2.05) is 0 Å². The molecular formula is C12H15Br. The van der Waals surface area contributed by atoms with Gasteiger partial charge in [0, 0.05) is 4.47 Å². The second-order valence-electron chi connectivity index (χ2n) is 3.74. The second kappa shape index (κ2) is 3.83. The summed E-state index contributed by atoms with van der Waals surface area (Å²) < 4.78 is 31.9. The van der Waals surface area contributed by atoms with Crippen molar-refractivity contribution in [3.63, 3.8) is 0 Å². The Morgan fingerprint density at radius 3 is 2.54 bits per heavy atom. The fourth-order valence-electron chi connectivity index (χ4n) is 2.07. The van der Waals surface area contributed by atoms with Gasteiger partial charge in [-0.2, -0.15) is 0 Å². The van der Waals surface area contributed by atoms with E-state index in [9.17, 15) is 0 Å². The summed E-state index contributed by atoms with van der Waals surface area (Å²) >= 11 is 3.12. The highest BCUT2D eigenvalue weighted by molar-refractivity contribution is 9.10. The van der Waals surface area contributed by atoms with Gasteiger partial charge in [-0.1, -0.05) is 47.8 Å². The maximum atomic E-state index is 8.01. The summed E-state index contributed by atoms with van der Waals surface area (Å²) in [7, 11) is 0. The van der Waals surface area contributed by atoms with E-state index in [1.54, 1.807) is 0 Å². The summed E-state index contributed by atoms with van der Waals surface area (Å²) in [5.74, 6) is 0.625. The third-order valence-electron chi connectivity index (χ3n) is 2.85. The van der Waals surface area contributed by atoms with Crippen LogP contribution in [0.1, 0.15) is 43.2 Å². The molecule has 0 bridgehead atoms. The molecule has 0 heterocycles. The van der Waals surface area contributed by atoms with Gasteiger partial charge < -0.3 is 0 Å². The molecule has 2 atom stereocenters. The topological polar surface area (TPSA) is 0 Å². The van der Waals surface area contributed by atoms with Crippen LogP contribution in [0, 0.1) is 5.92 Å². The first-order chi connectivity index (χ1) is 7.95. The van der Waals surface area contributed by atoms with E-state index in [1.165, 1.54) is 0 Å². The van der Waals surface area contributed by atoms with Crippen molar-refractivity contribution < 1.29 is 5.48 Å². The third kappa shape index (κ3) is 1.96. The summed E-state index contributed by atoms with van der Waals surface area (Å²) in [4.78, 5) is 0. The lowest BCUT2D eigenvalue weighted by Crippen LogP contribution is -2.01. The molecule has 1 heteroatoms. The third-order valence-corrected chi connectivity index (χ3v) is 3.24. The number of hydrogen-bond acceptors (Lipinski definition) is 0. The Balaban J connectivity index is 2.61. The SMILES string of the molecule is [2H]c1c([2H])c([C@@H]2CCC[C@@H]2C)c([2H])c([2H])c1Br. The maximum Gasteiger partial charge on any atom is 0.0635 e. The first kappa shape index (κ1) is 5.55. The van der Waals surface area contributed by atoms with Crippen LogP contribution >= 0.6 is 15.9 Å². The van der Waals surface area contributed by atoms with Crippen LogP contribution in [0.4, 0.5) is 0 Å². The van der Waals surface area contributed by atoms with E-state index in [0.29, 0.717) is 11.5 Å². The summed E-state index contributed by atoms with van der Waals surface area (Å²) in [5.41, 5.74) is 0.605. The van der Waals surface area contributed by atoms with Gasteiger partial charge >= 0.3 is 0 Å². The van der Waals surface area contributed by atoms with Gasteiger partial charge in [0.25, 0.3) is 0 Å². The predicted octanol–water partition coefficient (Wildman–Crippen LogP) is 4.35. The van der Waals surface area contributed by atoms with Gasteiger partial charge in [0.1, 0.15) is 0 Å². The van der Waals surface area contributed by atoms with Crippen molar-refractivity contribution in [3.05, 3.63) is 34.2 Å². The molecule has 0 aliphatic heterocycles. The monoisotopic (exact) mass is 242 g/mol. The second-order valence-corrected chi connectivity index (χ2v) is 4.54. The Bertz CT molecular complexity index is 429. The van der Waals surface area contributed by atoms with E-state index >= 15 is 0 Å². The molecule has 0 aromatic heterocycles. The minimum atomic E-state index is 0.0418. The van der Waals surface area contributed by atoms with E-state index in [0.717, 1.165) is 19.3 Å². The summed E-state index contributed by atoms with van der Waals surface area (Å²) in [5, 5.41) is 0. The molecule has 1 aromatic rings. The zero-order chi connectivity index (χ0) is 12.7. The van der Waals surface area contributed by atoms with Gasteiger partial charge in [0.05, 0.1) is 5.48 Å². The minimum absolute atomic E-state index is 0.0418. The lowest BCUT2D eigenvalue weighted by molar-refractivity contribution is 0.533. The van der Waals surface area contributed by atoms with Gasteiger partial charge in [-0.15, -0.1) is 0 Å². The fourth-order valence-corrected chi connectivity index (χ4v) is 2.26. The molecule has 0 radical (unpaired) electrons. The molecule has 0 unspecified atom stereocenters. The van der Waals surface area contributed by atoms with E-state index in [-0.39, 0.29) is 34.6 Å². The Morgan fingerprint density at radius 1 is 1.31 bits per heavy atom. The molecule has 2 rings (SSSR count). The first-order valence-electron chi connectivity index (χ1n) is 6.70. The van der Waals surface area contributed by atoms with Crippen LogP contribution in [0.3, 0.4) is 0 Å². The van der Waals surface area contributed by atoms with Crippen molar-refractivity contribution in [2.45, 2.75) is 32.1 Å². The highest BCUT2D eigenvalue weighted by atomic mass is 79.9. The van der Waals surface area contributed by atoms with Crippen molar-refractivity contribution in [1.82, 2.24) is 0 Å². The average Bonchev–Trinajstić information content (AvgIpc) is 2.71. The highest BCUT2D eigenvalue weighted by Gasteiger charge is 2.24. The van der Waals surface area contributed by atoms with Crippen LogP contribution in [0.15, 0.2) is 28.6 Å². The minimum Gasteiger partial charge on any atom is -0.0619 e. The van der Waals surface area contributed by atoms with Crippen molar-refractivity contribution in [2.24, 2.45) is 5.92 Å². The smallest absolute Gasteiger partial charge is 0.0619 e. The van der Waals surface area contributed by atoms with Crippen LogP contribution in [0.2, 0.25) is 0 Å². The molecule has 70 valence electrons. The largest absolute Gasteiger partial charge is 0.0635 e. The van der Waals surface area contributed by atoms with Gasteiger partial charge in [0.2, 0.25) is 0 Å². The van der Waals surface area contributed by atoms with Gasteiger partial charge in [0.15, 0.2) is 0 Å². The molecule has 0 N–H and O–H groups in total. The predicted molar refractivity (Wildman–Crippen MR) is 59.9 cm³/mol. The Hall–Kier alpha value is -0.300. The number of benzene rings is 1. The van der Waals surface area contributed by atoms with Crippen molar-refractivity contribution >= 4 is 15.9 Å². The molecular weight excluding hydrogens is 224 g/mol. The van der Waals surface area contributed by atoms with Crippen LogP contribution < -0.4 is 0 Å². The highest BCUT2D eigenvalue weighted by Crippen LogP contribution is 2.39. The van der Waals surface area contributed by atoms with Crippen molar-refractivity contribution in [3.8, 4) is 0 Å². The van der Waals surface area contributed by atoms with Crippen LogP contribution in [0.5, 0.6) is 0 Å². The van der Waals surface area contributed by atoms with E-state index in [4.69, 9.17) is 5.48 Å². The summed E-state index contributed by atoms with van der Waals surface area (Å²) in [6.45, 7) is 2.13. The maximum absolute atomic E-state index is 8.01. The van der Waals surface area contributed by atoms with Crippen molar-refractivity contribution in [1.29, 1.82) is 0 Å². The van der Waals surface area contributed by atoms with E-state index < -0.39 is 0 Å². The first-order valence-corrected chi connectivity index (χ1v) is 5.50. The average molecular weight is 243 g/mol. The quantitative estimate of drug-likeness (QED) is 0.687. The zero-order valence-corrected chi connectivity index (χ0v) is 9.24. The van der Waals surface area contributed by atoms with Crippen molar-refractivity contribution in [2.75, 3.05) is 0 Å². The van der Waals surface area contributed by atoms with Crippen LogP contribution in [0.25, 0.3) is 0 Å². The molecule has 1 fully saturated rings. The molecule has 1 aliphatic carbocycles. The molecule has 0 amide bonds. The number of rotatable bonds is 1. The molecule has 1 aliphatic rings. The normalized spacial score (nSPS) is 32.2. The van der Waals surface area contributed by atoms with Gasteiger partial charge in [-0.05, 0) is 35.9 Å². The fraction of sp³-hybridized carbons (Fsp3) is 0.500. The van der Waals surface area contributed by atoms with E-state index in [2.05, 4.69) is 22.9 Å². The number of halogens is 1. The van der Waals surface area contributed by atoms with Gasteiger partial charge in [-0.3, -0.25) is 0 Å². The lowest BCUT2D eigenvalue weighted by Gasteiger charge is -2.15. The molecule has 13 heavy (non-hydrogen) atoms. The Kier molecular flexibility index (Phi) is 1.64. The standard InChI is InChI=1S/C12H15Br/c1-9-3-2-4-12(9)10-5-7-11(13)8-6-10/h5-9,12H,2-4H2,1H3/t9-,12+/m0/s1/i5D,6D,7D,8D. The summed E-state index contributed by atoms with van der Waals surface area (Å²) in [6.07, 6.45) is 3.20. The van der Waals surface area contributed by atoms with Crippen LogP contribution in [-0.2, 0) is 0 Å². The zero-order valence-electron chi connectivity index (χ0n) is 11.7. The number of hydrogen-bond donors (Lipinski definition) is 0. The molecule has 0 spiro atoms. The van der Waals surface area contributed by atoms with Gasteiger partial charge in [-0.25, -0.2) is 0 Å². The Morgan fingerprint density at radius 2 is 2.00 bits per heavy atom. The lowest BCUT2D eigenvalue weighted by atomic mass is 9.90. The molecule has 0 saturated heterocycles. The molecule has 1 saturated carbocycles. The molecule has 1 aromatic carbocycles. The summed E-state index contributed by atoms with van der Waals surface area (Å²) in [6, 6.07) is 0.327. The Labute approximate surface area is 94.1 Å². The van der Waals surface area contributed by atoms with Crippen LogP contribution in [-0.4, -0.2) is 0 Å². The molecule has 0 nitrogen and oxygen atoms in total.